The molecule has 8 heteroatoms. The summed E-state index contributed by atoms with van der Waals surface area (Å²) in [5, 5.41) is 8.31. The lowest BCUT2D eigenvalue weighted by molar-refractivity contribution is -0.126. The number of nitrogens with one attached hydrogen (secondary N) is 3. The SMILES string of the molecule is CC(Cc1ccc(Cl)cc1Cl)NC(=O)C[C@@H]1NC(=O)NC1=O. The Bertz CT molecular complexity index is 621. The maximum atomic E-state index is 11.9. The van der Waals surface area contributed by atoms with Crippen LogP contribution in [0.3, 0.4) is 0 Å². The summed E-state index contributed by atoms with van der Waals surface area (Å²) in [6.07, 6.45) is 0.432. The highest BCUT2D eigenvalue weighted by Crippen LogP contribution is 2.22. The van der Waals surface area contributed by atoms with Gasteiger partial charge < -0.3 is 10.6 Å². The van der Waals surface area contributed by atoms with E-state index in [0.717, 1.165) is 5.56 Å². The molecule has 0 saturated carbocycles. The van der Waals surface area contributed by atoms with Gasteiger partial charge in [-0.05, 0) is 31.0 Å². The minimum Gasteiger partial charge on any atom is -0.353 e. The number of halogens is 2. The van der Waals surface area contributed by atoms with Crippen LogP contribution in [0.4, 0.5) is 4.79 Å². The fourth-order valence-corrected chi connectivity index (χ4v) is 2.68. The largest absolute Gasteiger partial charge is 0.353 e. The van der Waals surface area contributed by atoms with Crippen molar-refractivity contribution >= 4 is 41.0 Å². The first-order chi connectivity index (χ1) is 10.3. The molecule has 0 bridgehead atoms. The molecule has 0 radical (unpaired) electrons. The van der Waals surface area contributed by atoms with Gasteiger partial charge in [0.2, 0.25) is 5.91 Å². The average Bonchev–Trinajstić information content (AvgIpc) is 2.71. The van der Waals surface area contributed by atoms with E-state index in [1.165, 1.54) is 0 Å². The molecule has 2 rings (SSSR count). The lowest BCUT2D eigenvalue weighted by Gasteiger charge is -2.16. The summed E-state index contributed by atoms with van der Waals surface area (Å²) in [6.45, 7) is 1.83. The van der Waals surface area contributed by atoms with Gasteiger partial charge in [-0.1, -0.05) is 29.3 Å². The second-order valence-electron chi connectivity index (χ2n) is 5.13. The third-order valence-corrected chi connectivity index (χ3v) is 3.78. The predicted molar refractivity (Wildman–Crippen MR) is 82.9 cm³/mol. The number of rotatable bonds is 5. The third kappa shape index (κ3) is 4.35. The molecule has 0 aromatic heterocycles. The Morgan fingerprint density at radius 1 is 1.36 bits per heavy atom. The number of benzene rings is 1. The number of carbonyl (C=O) groups excluding carboxylic acids is 3. The highest BCUT2D eigenvalue weighted by molar-refractivity contribution is 6.35. The van der Waals surface area contributed by atoms with Crippen LogP contribution in [0.1, 0.15) is 18.9 Å². The minimum absolute atomic E-state index is 0.101. The van der Waals surface area contributed by atoms with E-state index in [9.17, 15) is 14.4 Å². The molecule has 1 unspecified atom stereocenters. The fraction of sp³-hybridized carbons (Fsp3) is 0.357. The topological polar surface area (TPSA) is 87.3 Å². The van der Waals surface area contributed by atoms with Crippen molar-refractivity contribution in [3.05, 3.63) is 33.8 Å². The molecule has 2 atom stereocenters. The molecule has 0 aliphatic carbocycles. The first kappa shape index (κ1) is 16.6. The summed E-state index contributed by atoms with van der Waals surface area (Å²) in [5.41, 5.74) is 0.866. The van der Waals surface area contributed by atoms with E-state index in [0.29, 0.717) is 16.5 Å². The van der Waals surface area contributed by atoms with Gasteiger partial charge in [0.05, 0.1) is 6.42 Å². The molecule has 1 heterocycles. The van der Waals surface area contributed by atoms with E-state index >= 15 is 0 Å². The highest BCUT2D eigenvalue weighted by atomic mass is 35.5. The first-order valence-corrected chi connectivity index (χ1v) is 7.45. The monoisotopic (exact) mass is 343 g/mol. The maximum absolute atomic E-state index is 11.9. The molecule has 4 amide bonds. The normalized spacial score (nSPS) is 18.6. The summed E-state index contributed by atoms with van der Waals surface area (Å²) in [5.74, 6) is -0.812. The molecule has 1 aromatic carbocycles. The molecule has 1 aromatic rings. The van der Waals surface area contributed by atoms with Crippen LogP contribution in [0.5, 0.6) is 0 Å². The van der Waals surface area contributed by atoms with E-state index in [2.05, 4.69) is 16.0 Å². The first-order valence-electron chi connectivity index (χ1n) is 6.70. The van der Waals surface area contributed by atoms with E-state index < -0.39 is 18.0 Å². The Hall–Kier alpha value is -1.79. The van der Waals surface area contributed by atoms with E-state index in [1.54, 1.807) is 18.2 Å². The Balaban J connectivity index is 1.86. The van der Waals surface area contributed by atoms with Crippen LogP contribution in [-0.4, -0.2) is 29.9 Å². The molecule has 6 nitrogen and oxygen atoms in total. The summed E-state index contributed by atoms with van der Waals surface area (Å²) >= 11 is 11.9. The quantitative estimate of drug-likeness (QED) is 0.710. The van der Waals surface area contributed by atoms with Crippen LogP contribution in [0, 0.1) is 0 Å². The Kier molecular flexibility index (Phi) is 5.26. The van der Waals surface area contributed by atoms with Crippen molar-refractivity contribution in [3.63, 3.8) is 0 Å². The van der Waals surface area contributed by atoms with Crippen molar-refractivity contribution in [2.75, 3.05) is 0 Å². The minimum atomic E-state index is -0.821. The second kappa shape index (κ2) is 6.98. The zero-order chi connectivity index (χ0) is 16.3. The Morgan fingerprint density at radius 2 is 2.09 bits per heavy atom. The number of imide groups is 1. The third-order valence-electron chi connectivity index (χ3n) is 3.20. The van der Waals surface area contributed by atoms with Gasteiger partial charge in [0, 0.05) is 16.1 Å². The fourth-order valence-electron chi connectivity index (χ4n) is 2.19. The van der Waals surface area contributed by atoms with Crippen molar-refractivity contribution < 1.29 is 14.4 Å². The number of hydrogen-bond donors (Lipinski definition) is 3. The molecule has 1 saturated heterocycles. The highest BCUT2D eigenvalue weighted by Gasteiger charge is 2.31. The van der Waals surface area contributed by atoms with Crippen LogP contribution >= 0.6 is 23.2 Å². The van der Waals surface area contributed by atoms with Crippen LogP contribution in [0.15, 0.2) is 18.2 Å². The number of urea groups is 1. The lowest BCUT2D eigenvalue weighted by Crippen LogP contribution is -2.40. The standard InChI is InChI=1S/C14H15Cl2N3O3/c1-7(4-8-2-3-9(15)5-10(8)16)17-12(20)6-11-13(21)19-14(22)18-11/h2-3,5,7,11H,4,6H2,1H3,(H,17,20)(H2,18,19,21,22)/t7?,11-/m0/s1. The zero-order valence-electron chi connectivity index (χ0n) is 11.8. The van der Waals surface area contributed by atoms with Gasteiger partial charge in [-0.15, -0.1) is 0 Å². The summed E-state index contributed by atoms with van der Waals surface area (Å²) < 4.78 is 0. The van der Waals surface area contributed by atoms with Crippen molar-refractivity contribution in [2.24, 2.45) is 0 Å². The molecule has 1 aliphatic rings. The molecule has 0 spiro atoms. The maximum Gasteiger partial charge on any atom is 0.322 e. The number of amides is 4. The van der Waals surface area contributed by atoms with Crippen molar-refractivity contribution in [1.82, 2.24) is 16.0 Å². The molecule has 118 valence electrons. The Labute approximate surface area is 137 Å². The lowest BCUT2D eigenvalue weighted by atomic mass is 10.1. The average molecular weight is 344 g/mol. The van der Waals surface area contributed by atoms with Gasteiger partial charge in [-0.25, -0.2) is 4.79 Å². The van der Waals surface area contributed by atoms with Crippen molar-refractivity contribution in [2.45, 2.75) is 31.8 Å². The molecular weight excluding hydrogens is 329 g/mol. The molecule has 3 N–H and O–H groups in total. The molecule has 22 heavy (non-hydrogen) atoms. The van der Waals surface area contributed by atoms with Crippen LogP contribution in [0.2, 0.25) is 10.0 Å². The van der Waals surface area contributed by atoms with Gasteiger partial charge >= 0.3 is 6.03 Å². The van der Waals surface area contributed by atoms with Crippen molar-refractivity contribution in [1.29, 1.82) is 0 Å². The molecular formula is C14H15Cl2N3O3. The van der Waals surface area contributed by atoms with Gasteiger partial charge in [0.1, 0.15) is 6.04 Å². The number of carbonyl (C=O) groups is 3. The van der Waals surface area contributed by atoms with Gasteiger partial charge in [-0.2, -0.15) is 0 Å². The van der Waals surface area contributed by atoms with Gasteiger partial charge in [0.25, 0.3) is 5.91 Å². The van der Waals surface area contributed by atoms with Crippen molar-refractivity contribution in [3.8, 4) is 0 Å². The van der Waals surface area contributed by atoms with Crippen LogP contribution < -0.4 is 16.0 Å². The van der Waals surface area contributed by atoms with Gasteiger partial charge in [-0.3, -0.25) is 14.9 Å². The van der Waals surface area contributed by atoms with Gasteiger partial charge in [0.15, 0.2) is 0 Å². The molecule has 1 aliphatic heterocycles. The Morgan fingerprint density at radius 3 is 2.68 bits per heavy atom. The van der Waals surface area contributed by atoms with Crippen LogP contribution in [-0.2, 0) is 16.0 Å². The molecule has 1 fully saturated rings. The summed E-state index contributed by atoms with van der Waals surface area (Å²) in [7, 11) is 0. The van der Waals surface area contributed by atoms with E-state index in [4.69, 9.17) is 23.2 Å². The zero-order valence-corrected chi connectivity index (χ0v) is 13.3. The predicted octanol–water partition coefficient (Wildman–Crippen LogP) is 1.64. The second-order valence-corrected chi connectivity index (χ2v) is 5.97. The van der Waals surface area contributed by atoms with E-state index in [1.807, 2.05) is 6.92 Å². The van der Waals surface area contributed by atoms with Crippen LogP contribution in [0.25, 0.3) is 0 Å². The smallest absolute Gasteiger partial charge is 0.322 e. The van der Waals surface area contributed by atoms with E-state index in [-0.39, 0.29) is 18.4 Å². The summed E-state index contributed by atoms with van der Waals surface area (Å²) in [4.78, 5) is 34.2. The summed E-state index contributed by atoms with van der Waals surface area (Å²) in [6, 6.07) is 3.60. The number of hydrogen-bond acceptors (Lipinski definition) is 3.